The van der Waals surface area contributed by atoms with Crippen LogP contribution in [-0.4, -0.2) is 37.5 Å². The fourth-order valence-corrected chi connectivity index (χ4v) is 9.03. The molecule has 49 heavy (non-hydrogen) atoms. The fraction of sp³-hybridized carbons (Fsp3) is 0.250. The van der Waals surface area contributed by atoms with Gasteiger partial charge in [-0.25, -0.2) is 23.7 Å². The number of fused-ring (bicyclic) bond motifs is 5. The minimum absolute atomic E-state index is 0.0462. The van der Waals surface area contributed by atoms with Crippen molar-refractivity contribution in [2.45, 2.75) is 50.6 Å². The first-order chi connectivity index (χ1) is 23.8. The Bertz CT molecular complexity index is 2370. The van der Waals surface area contributed by atoms with Crippen LogP contribution in [0, 0.1) is 11.6 Å². The van der Waals surface area contributed by atoms with E-state index in [9.17, 15) is 18.4 Å². The lowest BCUT2D eigenvalue weighted by Gasteiger charge is -2.16. The highest BCUT2D eigenvalue weighted by Gasteiger charge is 2.45. The maximum atomic E-state index is 14.2. The van der Waals surface area contributed by atoms with E-state index in [0.29, 0.717) is 59.7 Å². The quantitative estimate of drug-likeness (QED) is 0.175. The Kier molecular flexibility index (Phi) is 7.13. The molecule has 13 heteroatoms. The number of carbonyl (C=O) groups excluding carboxylic acids is 1. The summed E-state index contributed by atoms with van der Waals surface area (Å²) < 4.78 is 34.3. The van der Waals surface area contributed by atoms with Gasteiger partial charge >= 0.3 is 5.76 Å². The number of H-pyrrole nitrogens is 1. The number of hydrogen-bond acceptors (Lipinski definition) is 8. The molecule has 1 saturated heterocycles. The molecular formula is C36H27ClF2N6O3S. The number of amides is 1. The molecule has 246 valence electrons. The van der Waals surface area contributed by atoms with Crippen molar-refractivity contribution >= 4 is 44.7 Å². The third-order valence-corrected chi connectivity index (χ3v) is 11.4. The van der Waals surface area contributed by atoms with E-state index in [-0.39, 0.29) is 34.7 Å². The number of aromatic amines is 1. The highest BCUT2D eigenvalue weighted by molar-refractivity contribution is 7.23. The molecule has 2 aromatic carbocycles. The highest BCUT2D eigenvalue weighted by Crippen LogP contribution is 2.50. The normalized spacial score (nSPS) is 17.9. The predicted molar refractivity (Wildman–Crippen MR) is 182 cm³/mol. The average molecular weight is 697 g/mol. The fourth-order valence-electron chi connectivity index (χ4n) is 7.60. The minimum Gasteiger partial charge on any atom is -0.388 e. The molecule has 9 nitrogen and oxygen atoms in total. The number of aryl methyl sites for hydroxylation is 2. The van der Waals surface area contributed by atoms with E-state index in [1.807, 2.05) is 17.0 Å². The SMILES string of the molecule is O=C1c2c(nc(CCc3ccc(F)cc3)c(-c3n[nH]c(=O)o3)c2-c2cc3ccnc(N[C@H]4CCc5c4ccc(F)c5Cl)c3s2)[C@H]2CCCN12. The number of halogens is 3. The van der Waals surface area contributed by atoms with E-state index in [1.54, 1.807) is 24.4 Å². The third kappa shape index (κ3) is 4.95. The summed E-state index contributed by atoms with van der Waals surface area (Å²) in [6.45, 7) is 0.637. The molecular weight excluding hydrogens is 670 g/mol. The molecule has 2 N–H and O–H groups in total. The van der Waals surface area contributed by atoms with Gasteiger partial charge in [0.2, 0.25) is 0 Å². The van der Waals surface area contributed by atoms with E-state index < -0.39 is 11.6 Å². The van der Waals surface area contributed by atoms with Gasteiger partial charge in [0.15, 0.2) is 0 Å². The molecule has 2 atom stereocenters. The summed E-state index contributed by atoms with van der Waals surface area (Å²) >= 11 is 7.78. The van der Waals surface area contributed by atoms with Crippen LogP contribution < -0.4 is 11.1 Å². The van der Waals surface area contributed by atoms with Gasteiger partial charge in [0.05, 0.1) is 44.3 Å². The smallest absolute Gasteiger partial charge is 0.388 e. The van der Waals surface area contributed by atoms with Gasteiger partial charge in [0.1, 0.15) is 17.5 Å². The summed E-state index contributed by atoms with van der Waals surface area (Å²) in [5, 5.41) is 11.2. The molecule has 9 rings (SSSR count). The largest absolute Gasteiger partial charge is 0.434 e. The molecule has 6 aromatic rings. The maximum absolute atomic E-state index is 14.2. The zero-order chi connectivity index (χ0) is 33.4. The van der Waals surface area contributed by atoms with Crippen LogP contribution in [-0.2, 0) is 19.3 Å². The monoisotopic (exact) mass is 696 g/mol. The third-order valence-electron chi connectivity index (χ3n) is 9.84. The van der Waals surface area contributed by atoms with Crippen LogP contribution in [0.3, 0.4) is 0 Å². The zero-order valence-electron chi connectivity index (χ0n) is 25.9. The minimum atomic E-state index is -0.721. The number of benzene rings is 2. The molecule has 6 heterocycles. The van der Waals surface area contributed by atoms with Crippen molar-refractivity contribution in [3.63, 3.8) is 0 Å². The van der Waals surface area contributed by atoms with Crippen molar-refractivity contribution in [2.75, 3.05) is 11.9 Å². The van der Waals surface area contributed by atoms with Gasteiger partial charge in [0, 0.05) is 23.2 Å². The van der Waals surface area contributed by atoms with E-state index in [2.05, 4.69) is 15.5 Å². The number of nitrogens with zero attached hydrogens (tertiary/aromatic N) is 4. The van der Waals surface area contributed by atoms with Crippen LogP contribution >= 0.6 is 22.9 Å². The molecule has 2 aliphatic heterocycles. The van der Waals surface area contributed by atoms with E-state index >= 15 is 0 Å². The second-order valence-electron chi connectivity index (χ2n) is 12.6. The predicted octanol–water partition coefficient (Wildman–Crippen LogP) is 7.81. The van der Waals surface area contributed by atoms with Crippen LogP contribution in [0.5, 0.6) is 0 Å². The van der Waals surface area contributed by atoms with E-state index in [0.717, 1.165) is 50.9 Å². The lowest BCUT2D eigenvalue weighted by Crippen LogP contribution is -2.22. The summed E-state index contributed by atoms with van der Waals surface area (Å²) in [7, 11) is 0. The second-order valence-corrected chi connectivity index (χ2v) is 14.1. The molecule has 0 spiro atoms. The van der Waals surface area contributed by atoms with Crippen LogP contribution in [0.1, 0.15) is 69.8 Å². The number of thiophene rings is 1. The second kappa shape index (κ2) is 11.6. The van der Waals surface area contributed by atoms with E-state index in [4.69, 9.17) is 26.0 Å². The van der Waals surface area contributed by atoms with Crippen LogP contribution in [0.25, 0.3) is 32.0 Å². The number of rotatable bonds is 7. The maximum Gasteiger partial charge on any atom is 0.434 e. The van der Waals surface area contributed by atoms with Crippen molar-refractivity contribution in [1.82, 2.24) is 25.1 Å². The lowest BCUT2D eigenvalue weighted by molar-refractivity contribution is 0.0776. The summed E-state index contributed by atoms with van der Waals surface area (Å²) in [4.78, 5) is 38.9. The van der Waals surface area contributed by atoms with Gasteiger partial charge in [-0.15, -0.1) is 16.4 Å². The molecule has 0 radical (unpaired) electrons. The van der Waals surface area contributed by atoms with Crippen molar-refractivity contribution in [3.8, 4) is 21.9 Å². The first-order valence-corrected chi connectivity index (χ1v) is 17.3. The molecule has 1 amide bonds. The molecule has 0 bridgehead atoms. The number of nitrogens with one attached hydrogen (secondary N) is 2. The molecule has 4 aromatic heterocycles. The van der Waals surface area contributed by atoms with Crippen molar-refractivity contribution < 1.29 is 18.0 Å². The van der Waals surface area contributed by atoms with Crippen LogP contribution in [0.4, 0.5) is 14.6 Å². The van der Waals surface area contributed by atoms with Gasteiger partial charge in [0.25, 0.3) is 11.8 Å². The number of carbonyl (C=O) groups is 1. The molecule has 0 unspecified atom stereocenters. The highest BCUT2D eigenvalue weighted by atomic mass is 35.5. The molecule has 3 aliphatic rings. The average Bonchev–Trinajstić information content (AvgIpc) is 3.94. The van der Waals surface area contributed by atoms with Gasteiger partial charge in [-0.05, 0) is 90.9 Å². The van der Waals surface area contributed by atoms with Crippen LogP contribution in [0.2, 0.25) is 5.02 Å². The molecule has 1 fully saturated rings. The zero-order valence-corrected chi connectivity index (χ0v) is 27.4. The van der Waals surface area contributed by atoms with Gasteiger partial charge in [-0.3, -0.25) is 9.78 Å². The van der Waals surface area contributed by atoms with Gasteiger partial charge in [-0.1, -0.05) is 29.8 Å². The number of pyridine rings is 2. The summed E-state index contributed by atoms with van der Waals surface area (Å²) in [6, 6.07) is 13.2. The Morgan fingerprint density at radius 2 is 1.90 bits per heavy atom. The summed E-state index contributed by atoms with van der Waals surface area (Å²) in [6.07, 6.45) is 5.78. The Hall–Kier alpha value is -4.94. The van der Waals surface area contributed by atoms with Crippen molar-refractivity contribution in [1.29, 1.82) is 0 Å². The number of aromatic nitrogens is 4. The van der Waals surface area contributed by atoms with Crippen molar-refractivity contribution in [2.24, 2.45) is 0 Å². The Morgan fingerprint density at radius 3 is 2.71 bits per heavy atom. The topological polar surface area (TPSA) is 117 Å². The first kappa shape index (κ1) is 30.1. The molecule has 1 aliphatic carbocycles. The van der Waals surface area contributed by atoms with Gasteiger partial charge in [-0.2, -0.15) is 0 Å². The van der Waals surface area contributed by atoms with E-state index in [1.165, 1.54) is 29.5 Å². The summed E-state index contributed by atoms with van der Waals surface area (Å²) in [5.41, 5.74) is 5.61. The first-order valence-electron chi connectivity index (χ1n) is 16.1. The lowest BCUT2D eigenvalue weighted by atomic mass is 9.93. The number of hydrogen-bond donors (Lipinski definition) is 2. The Labute approximate surface area is 287 Å². The Morgan fingerprint density at radius 1 is 1.04 bits per heavy atom. The number of anilines is 1. The standard InChI is InChI=1S/C36H27ClF2N6O3S/c37-30-21-9-12-23(20(21)8-10-22(30)39)42-33-32-18(13-14-40-33)16-26(49-32)28-27(34-43-44-36(47)48-34)24(11-5-17-3-6-19(38)7-4-17)41-31-25-2-1-15-45(25)35(46)29(28)31/h3-4,6-8,10,13-14,16,23,25H,1-2,5,9,11-12,15H2,(H,40,42)(H,44,47)/t23-,25+/m0/s1. The Balaban J connectivity index is 1.21. The van der Waals surface area contributed by atoms with Gasteiger partial charge < -0.3 is 14.6 Å². The van der Waals surface area contributed by atoms with Crippen LogP contribution in [0.15, 0.2) is 63.9 Å². The molecule has 0 saturated carbocycles. The summed E-state index contributed by atoms with van der Waals surface area (Å²) in [5.74, 6) is -0.862. The van der Waals surface area contributed by atoms with Crippen molar-refractivity contribution in [3.05, 3.63) is 116 Å².